The fourth-order valence-electron chi connectivity index (χ4n) is 3.03. The van der Waals surface area contributed by atoms with Crippen LogP contribution in [0.25, 0.3) is 16.6 Å². The molecule has 2 N–H and O–H groups in total. The van der Waals surface area contributed by atoms with Crippen molar-refractivity contribution in [1.29, 1.82) is 0 Å². The van der Waals surface area contributed by atoms with Crippen molar-refractivity contribution < 1.29 is 19.4 Å². The van der Waals surface area contributed by atoms with E-state index in [0.717, 1.165) is 5.52 Å². The molecule has 2 aromatic heterocycles. The number of fused-ring (bicyclic) bond motifs is 1. The van der Waals surface area contributed by atoms with Gasteiger partial charge in [0.25, 0.3) is 0 Å². The number of nitrogens with one attached hydrogen (secondary N) is 1. The molecular formula is C22H20ClN5O4S. The van der Waals surface area contributed by atoms with Crippen molar-refractivity contribution in [3.05, 3.63) is 71.0 Å². The van der Waals surface area contributed by atoms with Crippen molar-refractivity contribution >= 4 is 45.9 Å². The maximum atomic E-state index is 12.4. The molecule has 0 aliphatic heterocycles. The fraction of sp³-hybridized carbons (Fsp3) is 0.182. The zero-order valence-corrected chi connectivity index (χ0v) is 19.4. The van der Waals surface area contributed by atoms with Crippen LogP contribution in [0.4, 0.5) is 0 Å². The van der Waals surface area contributed by atoms with E-state index in [1.165, 1.54) is 18.9 Å². The molecule has 4 rings (SSSR count). The molecule has 11 heteroatoms. The zero-order chi connectivity index (χ0) is 23.4. The van der Waals surface area contributed by atoms with Gasteiger partial charge in [-0.05, 0) is 24.3 Å². The first-order valence-corrected chi connectivity index (χ1v) is 11.2. The average molecular weight is 486 g/mol. The van der Waals surface area contributed by atoms with Crippen LogP contribution in [-0.2, 0) is 23.2 Å². The molecule has 2 aromatic carbocycles. The minimum atomic E-state index is -0.695. The molecule has 2 heterocycles. The smallest absolute Gasteiger partial charge is 0.345 e. The summed E-state index contributed by atoms with van der Waals surface area (Å²) in [6.07, 6.45) is 0. The number of aliphatic hydroxyl groups excluding tert-OH is 1. The number of benzene rings is 2. The van der Waals surface area contributed by atoms with Crippen molar-refractivity contribution in [3.8, 4) is 5.75 Å². The van der Waals surface area contributed by atoms with E-state index >= 15 is 0 Å². The van der Waals surface area contributed by atoms with Crippen molar-refractivity contribution in [2.75, 3.05) is 12.9 Å². The number of esters is 1. The highest BCUT2D eigenvalue weighted by Crippen LogP contribution is 2.26. The van der Waals surface area contributed by atoms with E-state index in [0.29, 0.717) is 27.3 Å². The van der Waals surface area contributed by atoms with Crippen molar-refractivity contribution in [1.82, 2.24) is 24.7 Å². The molecule has 170 valence electrons. The Bertz CT molecular complexity index is 1300. The maximum Gasteiger partial charge on any atom is 0.345 e. The molecule has 0 saturated heterocycles. The SMILES string of the molecule is COC(=O)/C(=C(/O)CSc1nnc(COc2ccccc2Cl)n1C)c1nc2ccccc2[nH]1. The fourth-order valence-corrected chi connectivity index (χ4v) is 4.03. The van der Waals surface area contributed by atoms with Gasteiger partial charge < -0.3 is 24.1 Å². The third kappa shape index (κ3) is 4.96. The molecule has 0 aliphatic rings. The number of rotatable bonds is 8. The Hall–Kier alpha value is -3.50. The van der Waals surface area contributed by atoms with Crippen LogP contribution in [0.15, 0.2) is 59.4 Å². The van der Waals surface area contributed by atoms with Gasteiger partial charge in [0.05, 0.1) is 28.9 Å². The summed E-state index contributed by atoms with van der Waals surface area (Å²) in [6.45, 7) is 0.169. The Morgan fingerprint density at radius 2 is 1.94 bits per heavy atom. The molecule has 0 saturated carbocycles. The number of ether oxygens (including phenoxy) is 2. The minimum absolute atomic E-state index is 0.0364. The quantitative estimate of drug-likeness (QED) is 0.165. The number of carbonyl (C=O) groups excluding carboxylic acids is 1. The van der Waals surface area contributed by atoms with Crippen LogP contribution in [0.1, 0.15) is 11.6 Å². The van der Waals surface area contributed by atoms with Gasteiger partial charge in [-0.3, -0.25) is 0 Å². The number of hydrogen-bond donors (Lipinski definition) is 2. The van der Waals surface area contributed by atoms with Crippen LogP contribution in [0.3, 0.4) is 0 Å². The minimum Gasteiger partial charge on any atom is -0.510 e. The number of imidazole rings is 1. The lowest BCUT2D eigenvalue weighted by atomic mass is 10.2. The molecule has 0 aliphatic carbocycles. The van der Waals surface area contributed by atoms with Gasteiger partial charge in [0, 0.05) is 7.05 Å². The lowest BCUT2D eigenvalue weighted by Crippen LogP contribution is -2.10. The van der Waals surface area contributed by atoms with Crippen LogP contribution in [0, 0.1) is 0 Å². The number of H-pyrrole nitrogens is 1. The first-order valence-electron chi connectivity index (χ1n) is 9.82. The molecule has 33 heavy (non-hydrogen) atoms. The highest BCUT2D eigenvalue weighted by atomic mass is 35.5. The normalized spacial score (nSPS) is 12.0. The summed E-state index contributed by atoms with van der Waals surface area (Å²) in [4.78, 5) is 19.8. The Balaban J connectivity index is 1.50. The second kappa shape index (κ2) is 9.97. The molecule has 0 unspecified atom stereocenters. The largest absolute Gasteiger partial charge is 0.510 e. The summed E-state index contributed by atoms with van der Waals surface area (Å²) in [7, 11) is 3.04. The van der Waals surface area contributed by atoms with Crippen molar-refractivity contribution in [2.24, 2.45) is 7.05 Å². The van der Waals surface area contributed by atoms with Gasteiger partial charge in [0.1, 0.15) is 29.5 Å². The molecule has 0 amide bonds. The number of nitrogens with zero attached hydrogens (tertiary/aromatic N) is 4. The average Bonchev–Trinajstić information content (AvgIpc) is 3.40. The number of hydrogen-bond acceptors (Lipinski definition) is 8. The molecule has 0 bridgehead atoms. The molecule has 0 fully saturated rings. The van der Waals surface area contributed by atoms with Gasteiger partial charge in [-0.2, -0.15) is 0 Å². The monoisotopic (exact) mass is 485 g/mol. The van der Waals surface area contributed by atoms with Gasteiger partial charge in [-0.1, -0.05) is 47.6 Å². The second-order valence-electron chi connectivity index (χ2n) is 6.88. The summed E-state index contributed by atoms with van der Waals surface area (Å²) in [5, 5.41) is 20.1. The topological polar surface area (TPSA) is 115 Å². The molecule has 0 spiro atoms. The predicted molar refractivity (Wildman–Crippen MR) is 125 cm³/mol. The molecule has 0 radical (unpaired) electrons. The van der Waals surface area contributed by atoms with Gasteiger partial charge in [0.15, 0.2) is 11.0 Å². The van der Waals surface area contributed by atoms with E-state index in [-0.39, 0.29) is 29.5 Å². The van der Waals surface area contributed by atoms with Crippen LogP contribution >= 0.6 is 23.4 Å². The summed E-state index contributed by atoms with van der Waals surface area (Å²) >= 11 is 7.32. The third-order valence-electron chi connectivity index (χ3n) is 4.76. The third-order valence-corrected chi connectivity index (χ3v) is 6.10. The van der Waals surface area contributed by atoms with E-state index in [1.54, 1.807) is 23.7 Å². The Morgan fingerprint density at radius 3 is 2.70 bits per heavy atom. The Morgan fingerprint density at radius 1 is 1.18 bits per heavy atom. The number of aromatic nitrogens is 5. The molecule has 0 atom stereocenters. The Labute approximate surface area is 198 Å². The van der Waals surface area contributed by atoms with Gasteiger partial charge in [0.2, 0.25) is 0 Å². The maximum absolute atomic E-state index is 12.4. The number of aliphatic hydroxyl groups is 1. The number of methoxy groups -OCH3 is 1. The lowest BCUT2D eigenvalue weighted by Gasteiger charge is -2.08. The van der Waals surface area contributed by atoms with Crippen molar-refractivity contribution in [2.45, 2.75) is 11.8 Å². The van der Waals surface area contributed by atoms with E-state index in [9.17, 15) is 9.90 Å². The number of thioether (sulfide) groups is 1. The number of aromatic amines is 1. The highest BCUT2D eigenvalue weighted by molar-refractivity contribution is 7.99. The summed E-state index contributed by atoms with van der Waals surface area (Å²) in [6, 6.07) is 14.5. The number of carbonyl (C=O) groups is 1. The Kier molecular flexibility index (Phi) is 6.85. The van der Waals surface area contributed by atoms with E-state index in [1.807, 2.05) is 36.4 Å². The lowest BCUT2D eigenvalue weighted by molar-refractivity contribution is -0.133. The standard InChI is InChI=1S/C22H20ClN5O4S/c1-28-18(11-32-17-10-6-3-7-13(17)23)26-27-22(28)33-12-16(29)19(21(30)31-2)20-24-14-8-4-5-9-15(14)25-20/h3-10,29H,11-12H2,1-2H3,(H,24,25)/b19-16+. The number of para-hydroxylation sites is 3. The molecule has 4 aromatic rings. The number of halogens is 1. The summed E-state index contributed by atoms with van der Waals surface area (Å²) in [5.41, 5.74) is 1.38. The van der Waals surface area contributed by atoms with Crippen LogP contribution < -0.4 is 4.74 Å². The first-order chi connectivity index (χ1) is 16.0. The van der Waals surface area contributed by atoms with E-state index in [2.05, 4.69) is 20.2 Å². The van der Waals surface area contributed by atoms with Crippen LogP contribution in [-0.4, -0.2) is 48.7 Å². The predicted octanol–water partition coefficient (Wildman–Crippen LogP) is 4.16. The van der Waals surface area contributed by atoms with Crippen LogP contribution in [0.2, 0.25) is 5.02 Å². The summed E-state index contributed by atoms with van der Waals surface area (Å²) in [5.74, 6) is 0.519. The first kappa shape index (κ1) is 22.7. The van der Waals surface area contributed by atoms with E-state index in [4.69, 9.17) is 21.1 Å². The highest BCUT2D eigenvalue weighted by Gasteiger charge is 2.23. The van der Waals surface area contributed by atoms with E-state index < -0.39 is 5.97 Å². The molecular weight excluding hydrogens is 466 g/mol. The molecule has 9 nitrogen and oxygen atoms in total. The van der Waals surface area contributed by atoms with Gasteiger partial charge in [-0.15, -0.1) is 10.2 Å². The van der Waals surface area contributed by atoms with Crippen molar-refractivity contribution in [3.63, 3.8) is 0 Å². The summed E-state index contributed by atoms with van der Waals surface area (Å²) < 4.78 is 12.3. The van der Waals surface area contributed by atoms with Gasteiger partial charge in [-0.25, -0.2) is 9.78 Å². The van der Waals surface area contributed by atoms with Crippen LogP contribution in [0.5, 0.6) is 5.75 Å². The van der Waals surface area contributed by atoms with Gasteiger partial charge >= 0.3 is 5.97 Å². The zero-order valence-electron chi connectivity index (χ0n) is 17.8. The second-order valence-corrected chi connectivity index (χ2v) is 8.23.